The van der Waals surface area contributed by atoms with E-state index < -0.39 is 0 Å². The molecule has 0 aliphatic carbocycles. The average molecular weight is 399 g/mol. The summed E-state index contributed by atoms with van der Waals surface area (Å²) in [4.78, 5) is 15.4. The van der Waals surface area contributed by atoms with Crippen LogP contribution in [0, 0.1) is 5.82 Å². The summed E-state index contributed by atoms with van der Waals surface area (Å²) in [6.45, 7) is 9.61. The number of rotatable bonds is 4. The first kappa shape index (κ1) is 20.6. The molecule has 1 aliphatic heterocycles. The molecule has 2 aromatic rings. The highest BCUT2D eigenvalue weighted by molar-refractivity contribution is 7.97. The van der Waals surface area contributed by atoms with Crippen molar-refractivity contribution in [1.29, 1.82) is 0 Å². The van der Waals surface area contributed by atoms with Crippen molar-refractivity contribution < 1.29 is 9.18 Å². The third-order valence-corrected chi connectivity index (χ3v) is 5.92. The van der Waals surface area contributed by atoms with Crippen LogP contribution in [0.5, 0.6) is 0 Å². The Labute approximate surface area is 171 Å². The Morgan fingerprint density at radius 1 is 1.00 bits per heavy atom. The van der Waals surface area contributed by atoms with E-state index in [1.54, 1.807) is 36.2 Å². The Kier molecular flexibility index (Phi) is 6.57. The highest BCUT2D eigenvalue weighted by Crippen LogP contribution is 2.28. The normalized spacial score (nSPS) is 15.9. The lowest BCUT2D eigenvalue weighted by atomic mass is 9.87. The molecule has 3 nitrogen and oxygen atoms in total. The van der Waals surface area contributed by atoms with Gasteiger partial charge in [-0.2, -0.15) is 0 Å². The molecular formula is C23H27FN2OS. The highest BCUT2D eigenvalue weighted by atomic mass is 32.2. The van der Waals surface area contributed by atoms with Gasteiger partial charge >= 0.3 is 0 Å². The molecule has 1 saturated heterocycles. The van der Waals surface area contributed by atoms with Gasteiger partial charge in [0.05, 0.1) is 0 Å². The average Bonchev–Trinajstić information content (AvgIpc) is 2.67. The van der Waals surface area contributed by atoms with E-state index in [0.717, 1.165) is 13.1 Å². The number of hydrogen-bond donors (Lipinski definition) is 0. The summed E-state index contributed by atoms with van der Waals surface area (Å²) >= 11 is 1.74. The maximum absolute atomic E-state index is 13.6. The van der Waals surface area contributed by atoms with Gasteiger partial charge in [0.1, 0.15) is 5.82 Å². The molecular weight excluding hydrogens is 371 g/mol. The molecule has 148 valence electrons. The third-order valence-electron chi connectivity index (χ3n) is 4.82. The summed E-state index contributed by atoms with van der Waals surface area (Å²) in [6.07, 6.45) is 3.02. The van der Waals surface area contributed by atoms with Gasteiger partial charge < -0.3 is 4.90 Å². The standard InChI is InChI=1S/C23H27FN2OS/c1-23(2,3)19-9-11-20(12-10-19)28-26-16-14-25(15-17-26)22(27)13-8-18-6-4-5-7-21(18)24/h4-13H,14-17H2,1-3H3/b13-8+. The molecule has 1 heterocycles. The largest absolute Gasteiger partial charge is 0.337 e. The number of carbonyl (C=O) groups excluding carboxylic acids is 1. The summed E-state index contributed by atoms with van der Waals surface area (Å²) in [7, 11) is 0. The predicted molar refractivity (Wildman–Crippen MR) is 115 cm³/mol. The Morgan fingerprint density at radius 2 is 1.64 bits per heavy atom. The van der Waals surface area contributed by atoms with E-state index in [1.165, 1.54) is 22.6 Å². The van der Waals surface area contributed by atoms with Crippen molar-refractivity contribution in [2.24, 2.45) is 0 Å². The van der Waals surface area contributed by atoms with E-state index in [9.17, 15) is 9.18 Å². The van der Waals surface area contributed by atoms with Crippen LogP contribution < -0.4 is 0 Å². The second kappa shape index (κ2) is 8.93. The zero-order chi connectivity index (χ0) is 20.1. The lowest BCUT2D eigenvalue weighted by Gasteiger charge is -2.33. The number of nitrogens with zero attached hydrogens (tertiary/aromatic N) is 2. The summed E-state index contributed by atoms with van der Waals surface area (Å²) in [5.41, 5.74) is 1.92. The molecule has 0 N–H and O–H groups in total. The highest BCUT2D eigenvalue weighted by Gasteiger charge is 2.21. The van der Waals surface area contributed by atoms with Crippen LogP contribution in [0.1, 0.15) is 31.9 Å². The van der Waals surface area contributed by atoms with Crippen molar-refractivity contribution in [2.75, 3.05) is 26.2 Å². The summed E-state index contributed by atoms with van der Waals surface area (Å²) < 4.78 is 15.9. The van der Waals surface area contributed by atoms with Gasteiger partial charge in [-0.1, -0.05) is 51.1 Å². The van der Waals surface area contributed by atoms with Crippen molar-refractivity contribution in [3.63, 3.8) is 0 Å². The van der Waals surface area contributed by atoms with Crippen molar-refractivity contribution >= 4 is 23.9 Å². The van der Waals surface area contributed by atoms with Gasteiger partial charge in [-0.15, -0.1) is 0 Å². The van der Waals surface area contributed by atoms with E-state index in [1.807, 2.05) is 4.90 Å². The van der Waals surface area contributed by atoms with Crippen molar-refractivity contribution in [3.8, 4) is 0 Å². The van der Waals surface area contributed by atoms with Crippen LogP contribution in [-0.4, -0.2) is 41.3 Å². The molecule has 3 rings (SSSR count). The molecule has 0 spiro atoms. The van der Waals surface area contributed by atoms with Crippen LogP contribution in [0.15, 0.2) is 59.5 Å². The van der Waals surface area contributed by atoms with Gasteiger partial charge in [-0.3, -0.25) is 4.79 Å². The minimum absolute atomic E-state index is 0.0672. The smallest absolute Gasteiger partial charge is 0.246 e. The fourth-order valence-corrected chi connectivity index (χ4v) is 3.94. The van der Waals surface area contributed by atoms with Gasteiger partial charge in [0.15, 0.2) is 0 Å². The van der Waals surface area contributed by atoms with E-state index in [4.69, 9.17) is 0 Å². The van der Waals surface area contributed by atoms with Crippen LogP contribution in [0.25, 0.3) is 6.08 Å². The SMILES string of the molecule is CC(C)(C)c1ccc(SN2CCN(C(=O)/C=C/c3ccccc3F)CC2)cc1. The molecule has 28 heavy (non-hydrogen) atoms. The zero-order valence-electron chi connectivity index (χ0n) is 16.7. The molecule has 5 heteroatoms. The minimum Gasteiger partial charge on any atom is -0.337 e. The van der Waals surface area contributed by atoms with Crippen LogP contribution >= 0.6 is 11.9 Å². The fourth-order valence-electron chi connectivity index (χ4n) is 3.04. The van der Waals surface area contributed by atoms with Gasteiger partial charge in [0.25, 0.3) is 0 Å². The lowest BCUT2D eigenvalue weighted by molar-refractivity contribution is -0.127. The van der Waals surface area contributed by atoms with Crippen molar-refractivity contribution in [1.82, 2.24) is 9.21 Å². The van der Waals surface area contributed by atoms with Crippen molar-refractivity contribution in [2.45, 2.75) is 31.1 Å². The molecule has 2 aromatic carbocycles. The van der Waals surface area contributed by atoms with Crippen LogP contribution in [0.2, 0.25) is 0 Å². The molecule has 1 fully saturated rings. The summed E-state index contributed by atoms with van der Waals surface area (Å²) in [6, 6.07) is 15.2. The number of amides is 1. The molecule has 0 saturated carbocycles. The fraction of sp³-hybridized carbons (Fsp3) is 0.348. The number of carbonyl (C=O) groups is 1. The maximum atomic E-state index is 13.6. The molecule has 0 atom stereocenters. The van der Waals surface area contributed by atoms with Crippen molar-refractivity contribution in [3.05, 3.63) is 71.6 Å². The third kappa shape index (κ3) is 5.46. The van der Waals surface area contributed by atoms with E-state index in [0.29, 0.717) is 18.7 Å². The molecule has 1 amide bonds. The second-order valence-corrected chi connectivity index (χ2v) is 9.15. The Hall–Kier alpha value is -2.11. The first-order valence-corrected chi connectivity index (χ1v) is 10.4. The number of piperazine rings is 1. The lowest BCUT2D eigenvalue weighted by Crippen LogP contribution is -2.45. The zero-order valence-corrected chi connectivity index (χ0v) is 17.5. The van der Waals surface area contributed by atoms with E-state index in [2.05, 4.69) is 49.3 Å². The first-order valence-electron chi connectivity index (χ1n) is 9.58. The first-order chi connectivity index (χ1) is 13.3. The molecule has 0 bridgehead atoms. The number of halogens is 1. The number of hydrogen-bond acceptors (Lipinski definition) is 3. The topological polar surface area (TPSA) is 23.6 Å². The molecule has 0 radical (unpaired) electrons. The maximum Gasteiger partial charge on any atom is 0.246 e. The molecule has 0 unspecified atom stereocenters. The summed E-state index contributed by atoms with van der Waals surface area (Å²) in [5.74, 6) is -0.382. The van der Waals surface area contributed by atoms with Gasteiger partial charge in [0, 0.05) is 42.7 Å². The monoisotopic (exact) mass is 398 g/mol. The van der Waals surface area contributed by atoms with E-state index in [-0.39, 0.29) is 17.1 Å². The Morgan fingerprint density at radius 3 is 2.25 bits per heavy atom. The van der Waals surface area contributed by atoms with Gasteiger partial charge in [-0.05, 0) is 47.2 Å². The minimum atomic E-state index is -0.315. The second-order valence-electron chi connectivity index (χ2n) is 7.97. The van der Waals surface area contributed by atoms with Crippen LogP contribution in [0.4, 0.5) is 4.39 Å². The molecule has 1 aliphatic rings. The predicted octanol–water partition coefficient (Wildman–Crippen LogP) is 4.99. The van der Waals surface area contributed by atoms with E-state index >= 15 is 0 Å². The van der Waals surface area contributed by atoms with Crippen LogP contribution in [-0.2, 0) is 10.2 Å². The van der Waals surface area contributed by atoms with Gasteiger partial charge in [0.2, 0.25) is 5.91 Å². The molecule has 0 aromatic heterocycles. The quantitative estimate of drug-likeness (QED) is 0.536. The van der Waals surface area contributed by atoms with Crippen LogP contribution in [0.3, 0.4) is 0 Å². The van der Waals surface area contributed by atoms with Gasteiger partial charge in [-0.25, -0.2) is 8.70 Å². The Balaban J connectivity index is 1.50. The Bertz CT molecular complexity index is 834. The number of benzene rings is 2. The summed E-state index contributed by atoms with van der Waals surface area (Å²) in [5, 5.41) is 0.